The molecule has 0 amide bonds. The van der Waals surface area contributed by atoms with Gasteiger partial charge < -0.3 is 4.74 Å². The Balaban J connectivity index is 2.51. The minimum absolute atomic E-state index is 0.0633. The van der Waals surface area contributed by atoms with Gasteiger partial charge in [0.25, 0.3) is 0 Å². The van der Waals surface area contributed by atoms with Gasteiger partial charge in [-0.2, -0.15) is 0 Å². The van der Waals surface area contributed by atoms with Crippen LogP contribution in [-0.2, 0) is 14.3 Å². The molecule has 0 aliphatic heterocycles. The van der Waals surface area contributed by atoms with Crippen LogP contribution in [-0.4, -0.2) is 18.9 Å². The number of carbonyl (C=O) groups excluding carboxylic acids is 2. The van der Waals surface area contributed by atoms with Crippen molar-refractivity contribution in [2.24, 2.45) is 0 Å². The third-order valence-electron chi connectivity index (χ3n) is 4.24. The van der Waals surface area contributed by atoms with E-state index in [2.05, 4.69) is 0 Å². The molecule has 0 saturated heterocycles. The molecule has 0 aliphatic carbocycles. The van der Waals surface area contributed by atoms with Gasteiger partial charge in [0.05, 0.1) is 7.11 Å². The average molecular weight is 360 g/mol. The summed E-state index contributed by atoms with van der Waals surface area (Å²) in [7, 11) is 1.34. The molecule has 2 aromatic rings. The maximum Gasteiger partial charge on any atom is 0.333 e. The summed E-state index contributed by atoms with van der Waals surface area (Å²) < 4.78 is 4.79. The van der Waals surface area contributed by atoms with Crippen molar-refractivity contribution in [3.8, 4) is 0 Å². The smallest absolute Gasteiger partial charge is 0.333 e. The third kappa shape index (κ3) is 5.38. The highest BCUT2D eigenvalue weighted by Gasteiger charge is 2.15. The summed E-state index contributed by atoms with van der Waals surface area (Å²) in [6.07, 6.45) is 3.58. The molecule has 138 valence electrons. The fraction of sp³-hybridized carbons (Fsp3) is 0.167. The molecule has 27 heavy (non-hydrogen) atoms. The Morgan fingerprint density at radius 3 is 1.93 bits per heavy atom. The van der Waals surface area contributed by atoms with E-state index < -0.39 is 5.97 Å². The Labute approximate surface area is 160 Å². The van der Waals surface area contributed by atoms with Gasteiger partial charge in [0.1, 0.15) is 0 Å². The topological polar surface area (TPSA) is 43.4 Å². The molecule has 0 atom stereocenters. The second kappa shape index (κ2) is 9.48. The lowest BCUT2D eigenvalue weighted by atomic mass is 9.93. The Bertz CT molecular complexity index is 901. The van der Waals surface area contributed by atoms with Gasteiger partial charge in [0, 0.05) is 11.1 Å². The highest BCUT2D eigenvalue weighted by molar-refractivity contribution is 6.15. The number of hydrogen-bond donors (Lipinski definition) is 0. The van der Waals surface area contributed by atoms with Gasteiger partial charge in [0.15, 0.2) is 5.78 Å². The minimum atomic E-state index is -0.416. The van der Waals surface area contributed by atoms with Gasteiger partial charge >= 0.3 is 5.97 Å². The first kappa shape index (κ1) is 20.1. The lowest BCUT2D eigenvalue weighted by molar-refractivity contribution is -0.136. The molecule has 2 aromatic carbocycles. The lowest BCUT2D eigenvalue weighted by Gasteiger charge is -2.11. The van der Waals surface area contributed by atoms with E-state index in [4.69, 9.17) is 4.74 Å². The zero-order valence-corrected chi connectivity index (χ0v) is 16.2. The standard InChI is InChI=1S/C24H24O3/c1-17(15-20-11-7-5-8-12-20)23(25)19(3)22(16-18(2)24(26)27-4)21-13-9-6-10-14-21/h5-16H,1-4H3/b17-15+,18-16+,22-19+. The van der Waals surface area contributed by atoms with Crippen LogP contribution in [0.3, 0.4) is 0 Å². The SMILES string of the molecule is COC(=O)/C(C)=C/C(=C(/C)C(=O)/C(C)=C/c1ccccc1)c1ccccc1. The van der Waals surface area contributed by atoms with Gasteiger partial charge in [-0.3, -0.25) is 4.79 Å². The third-order valence-corrected chi connectivity index (χ3v) is 4.24. The predicted octanol–water partition coefficient (Wildman–Crippen LogP) is 5.25. The van der Waals surface area contributed by atoms with Crippen LogP contribution >= 0.6 is 0 Å². The molecule has 0 unspecified atom stereocenters. The molecule has 0 bridgehead atoms. The van der Waals surface area contributed by atoms with Crippen molar-refractivity contribution >= 4 is 23.4 Å². The number of ether oxygens (including phenoxy) is 1. The van der Waals surface area contributed by atoms with Crippen LogP contribution in [0.15, 0.2) is 83.5 Å². The van der Waals surface area contributed by atoms with E-state index in [1.807, 2.05) is 66.7 Å². The first-order valence-corrected chi connectivity index (χ1v) is 8.75. The lowest BCUT2D eigenvalue weighted by Crippen LogP contribution is -2.06. The molecular weight excluding hydrogens is 336 g/mol. The number of allylic oxidation sites excluding steroid dienone is 4. The molecule has 0 radical (unpaired) electrons. The molecule has 0 fully saturated rings. The molecule has 0 heterocycles. The number of ketones is 1. The summed E-state index contributed by atoms with van der Waals surface area (Å²) in [5.41, 5.74) is 4.21. The largest absolute Gasteiger partial charge is 0.466 e. The van der Waals surface area contributed by atoms with E-state index >= 15 is 0 Å². The number of esters is 1. The zero-order chi connectivity index (χ0) is 19.8. The Hall–Kier alpha value is -3.20. The molecule has 3 nitrogen and oxygen atoms in total. The number of methoxy groups -OCH3 is 1. The maximum absolute atomic E-state index is 13.0. The predicted molar refractivity (Wildman–Crippen MR) is 110 cm³/mol. The minimum Gasteiger partial charge on any atom is -0.466 e. The van der Waals surface area contributed by atoms with Crippen LogP contribution in [0.5, 0.6) is 0 Å². The van der Waals surface area contributed by atoms with Crippen LogP contribution in [0.2, 0.25) is 0 Å². The first-order chi connectivity index (χ1) is 12.9. The van der Waals surface area contributed by atoms with E-state index in [1.165, 1.54) is 7.11 Å². The van der Waals surface area contributed by atoms with E-state index in [0.29, 0.717) is 22.3 Å². The zero-order valence-electron chi connectivity index (χ0n) is 16.2. The number of carbonyl (C=O) groups is 2. The van der Waals surface area contributed by atoms with Crippen molar-refractivity contribution in [3.05, 3.63) is 94.6 Å². The van der Waals surface area contributed by atoms with E-state index in [9.17, 15) is 9.59 Å². The second-order valence-electron chi connectivity index (χ2n) is 6.29. The number of hydrogen-bond acceptors (Lipinski definition) is 3. The number of rotatable bonds is 6. The highest BCUT2D eigenvalue weighted by atomic mass is 16.5. The van der Waals surface area contributed by atoms with E-state index in [0.717, 1.165) is 11.1 Å². The van der Waals surface area contributed by atoms with Crippen LogP contribution in [0, 0.1) is 0 Å². The van der Waals surface area contributed by atoms with Crippen LogP contribution in [0.1, 0.15) is 31.9 Å². The monoisotopic (exact) mass is 360 g/mol. The summed E-state index contributed by atoms with van der Waals surface area (Å²) in [6, 6.07) is 19.3. The van der Waals surface area contributed by atoms with E-state index in [-0.39, 0.29) is 5.78 Å². The van der Waals surface area contributed by atoms with Gasteiger partial charge in [-0.15, -0.1) is 0 Å². The van der Waals surface area contributed by atoms with Crippen molar-refractivity contribution in [1.29, 1.82) is 0 Å². The molecule has 0 aliphatic rings. The molecule has 0 aromatic heterocycles. The van der Waals surface area contributed by atoms with Gasteiger partial charge in [0.2, 0.25) is 0 Å². The average Bonchev–Trinajstić information content (AvgIpc) is 2.71. The van der Waals surface area contributed by atoms with Crippen molar-refractivity contribution in [3.63, 3.8) is 0 Å². The van der Waals surface area contributed by atoms with Crippen molar-refractivity contribution in [2.45, 2.75) is 20.8 Å². The van der Waals surface area contributed by atoms with Gasteiger partial charge in [-0.1, -0.05) is 60.7 Å². The number of benzene rings is 2. The molecule has 3 heteroatoms. The molecule has 0 saturated carbocycles. The quantitative estimate of drug-likeness (QED) is 0.401. The summed E-state index contributed by atoms with van der Waals surface area (Å²) in [5, 5.41) is 0. The second-order valence-corrected chi connectivity index (χ2v) is 6.29. The molecule has 0 N–H and O–H groups in total. The Morgan fingerprint density at radius 2 is 1.37 bits per heavy atom. The molecular formula is C24H24O3. The van der Waals surface area contributed by atoms with Crippen molar-refractivity contribution in [1.82, 2.24) is 0 Å². The highest BCUT2D eigenvalue weighted by Crippen LogP contribution is 2.25. The van der Waals surface area contributed by atoms with Crippen LogP contribution in [0.4, 0.5) is 0 Å². The molecule has 0 spiro atoms. The van der Waals surface area contributed by atoms with E-state index in [1.54, 1.807) is 26.8 Å². The van der Waals surface area contributed by atoms with Gasteiger partial charge in [-0.25, -0.2) is 4.79 Å². The molecule has 2 rings (SSSR count). The fourth-order valence-electron chi connectivity index (χ4n) is 2.75. The van der Waals surface area contributed by atoms with Gasteiger partial charge in [-0.05, 0) is 55.2 Å². The first-order valence-electron chi connectivity index (χ1n) is 8.75. The summed E-state index contributed by atoms with van der Waals surface area (Å²) in [6.45, 7) is 5.27. The Kier molecular flexibility index (Phi) is 7.07. The normalized spacial score (nSPS) is 13.0. The Morgan fingerprint density at radius 1 is 0.815 bits per heavy atom. The summed E-state index contributed by atoms with van der Waals surface area (Å²) in [5.74, 6) is -0.480. The van der Waals surface area contributed by atoms with Crippen molar-refractivity contribution in [2.75, 3.05) is 7.11 Å². The summed E-state index contributed by atoms with van der Waals surface area (Å²) >= 11 is 0. The maximum atomic E-state index is 13.0. The van der Waals surface area contributed by atoms with Crippen molar-refractivity contribution < 1.29 is 14.3 Å². The van der Waals surface area contributed by atoms with Crippen LogP contribution < -0.4 is 0 Å². The summed E-state index contributed by atoms with van der Waals surface area (Å²) in [4.78, 5) is 24.8. The number of Topliss-reactive ketones (excluding diaryl/α,β-unsaturated/α-hetero) is 1. The fourth-order valence-corrected chi connectivity index (χ4v) is 2.75. The van der Waals surface area contributed by atoms with Crippen LogP contribution in [0.25, 0.3) is 11.6 Å².